The topological polar surface area (TPSA) is 6.48 Å². The zero-order valence-corrected chi connectivity index (χ0v) is 11.6. The molecule has 0 saturated carbocycles. The molecule has 1 heterocycles. The molecule has 0 aliphatic carbocycles. The van der Waals surface area contributed by atoms with Crippen LogP contribution in [-0.4, -0.2) is 37.6 Å². The van der Waals surface area contributed by atoms with Gasteiger partial charge in [0.2, 0.25) is 0 Å². The lowest BCUT2D eigenvalue weighted by atomic mass is 10.1. The van der Waals surface area contributed by atoms with Crippen molar-refractivity contribution in [2.24, 2.45) is 0 Å². The van der Waals surface area contributed by atoms with Crippen molar-refractivity contribution in [3.05, 3.63) is 28.8 Å². The Morgan fingerprint density at radius 1 is 1.18 bits per heavy atom. The number of nitrogens with zero attached hydrogens (tertiary/aromatic N) is 2. The predicted molar refractivity (Wildman–Crippen MR) is 75.3 cm³/mol. The normalized spacial score (nSPS) is 17.5. The van der Waals surface area contributed by atoms with Gasteiger partial charge in [-0.1, -0.05) is 24.6 Å². The van der Waals surface area contributed by atoms with Crippen LogP contribution in [0.1, 0.15) is 12.5 Å². The minimum absolute atomic E-state index is 0.475. The number of anilines is 1. The van der Waals surface area contributed by atoms with Gasteiger partial charge in [0.05, 0.1) is 5.88 Å². The third-order valence-electron chi connectivity index (χ3n) is 3.39. The molecule has 1 aromatic rings. The summed E-state index contributed by atoms with van der Waals surface area (Å²) < 4.78 is 0. The van der Waals surface area contributed by atoms with Gasteiger partial charge in [-0.05, 0) is 18.7 Å². The second kappa shape index (κ2) is 5.94. The van der Waals surface area contributed by atoms with Crippen molar-refractivity contribution in [2.45, 2.75) is 12.8 Å². The number of benzene rings is 1. The standard InChI is InChI=1S/C13H18Cl2N2/c1-2-16-6-8-17(9-7-16)13-5-3-4-12(15)11(13)10-14/h3-5H,2,6-10H2,1H3. The highest BCUT2D eigenvalue weighted by Gasteiger charge is 2.18. The van der Waals surface area contributed by atoms with E-state index in [2.05, 4.69) is 22.8 Å². The molecule has 0 N–H and O–H groups in total. The molecule has 1 aromatic carbocycles. The first-order valence-corrected chi connectivity index (χ1v) is 6.98. The minimum Gasteiger partial charge on any atom is -0.369 e. The van der Waals surface area contributed by atoms with E-state index in [1.165, 1.54) is 5.69 Å². The number of alkyl halides is 1. The van der Waals surface area contributed by atoms with Gasteiger partial charge >= 0.3 is 0 Å². The van der Waals surface area contributed by atoms with Crippen molar-refractivity contribution >= 4 is 28.9 Å². The summed E-state index contributed by atoms with van der Waals surface area (Å²) in [5.41, 5.74) is 2.25. The Kier molecular flexibility index (Phi) is 4.55. The molecule has 0 unspecified atom stereocenters. The Bertz CT molecular complexity index is 374. The first-order valence-electron chi connectivity index (χ1n) is 6.07. The van der Waals surface area contributed by atoms with Gasteiger partial charge in [0.25, 0.3) is 0 Å². The van der Waals surface area contributed by atoms with Gasteiger partial charge in [-0.2, -0.15) is 0 Å². The number of likely N-dealkylation sites (N-methyl/N-ethyl adjacent to an activating group) is 1. The van der Waals surface area contributed by atoms with Crippen LogP contribution in [0.15, 0.2) is 18.2 Å². The van der Waals surface area contributed by atoms with Crippen LogP contribution in [0.2, 0.25) is 5.02 Å². The Balaban J connectivity index is 2.15. The van der Waals surface area contributed by atoms with Gasteiger partial charge in [0.1, 0.15) is 0 Å². The summed E-state index contributed by atoms with van der Waals surface area (Å²) in [6, 6.07) is 6.02. The number of hydrogen-bond acceptors (Lipinski definition) is 2. The van der Waals surface area contributed by atoms with Crippen molar-refractivity contribution in [2.75, 3.05) is 37.6 Å². The quantitative estimate of drug-likeness (QED) is 0.780. The lowest BCUT2D eigenvalue weighted by molar-refractivity contribution is 0.271. The molecule has 1 fully saturated rings. The average molecular weight is 273 g/mol. The molecule has 1 aliphatic rings. The largest absolute Gasteiger partial charge is 0.369 e. The lowest BCUT2D eigenvalue weighted by Crippen LogP contribution is -2.46. The molecule has 0 amide bonds. The second-order valence-electron chi connectivity index (χ2n) is 4.29. The number of piperazine rings is 1. The summed E-state index contributed by atoms with van der Waals surface area (Å²) in [7, 11) is 0. The van der Waals surface area contributed by atoms with E-state index in [4.69, 9.17) is 23.2 Å². The van der Waals surface area contributed by atoms with Crippen molar-refractivity contribution in [1.82, 2.24) is 4.90 Å². The van der Waals surface area contributed by atoms with E-state index in [1.54, 1.807) is 0 Å². The molecule has 0 atom stereocenters. The average Bonchev–Trinajstić information content (AvgIpc) is 2.38. The van der Waals surface area contributed by atoms with Crippen LogP contribution in [0.4, 0.5) is 5.69 Å². The molecule has 0 spiro atoms. The van der Waals surface area contributed by atoms with Crippen LogP contribution in [0.25, 0.3) is 0 Å². The molecule has 2 rings (SSSR count). The second-order valence-corrected chi connectivity index (χ2v) is 4.97. The third-order valence-corrected chi connectivity index (χ3v) is 4.01. The molecule has 0 aromatic heterocycles. The summed E-state index contributed by atoms with van der Waals surface area (Å²) in [5.74, 6) is 0.475. The number of hydrogen-bond donors (Lipinski definition) is 0. The van der Waals surface area contributed by atoms with Crippen molar-refractivity contribution in [3.63, 3.8) is 0 Å². The fourth-order valence-corrected chi connectivity index (χ4v) is 2.87. The van der Waals surface area contributed by atoms with Gasteiger partial charge in [0.15, 0.2) is 0 Å². The van der Waals surface area contributed by atoms with E-state index in [0.717, 1.165) is 43.3 Å². The monoisotopic (exact) mass is 272 g/mol. The summed E-state index contributed by atoms with van der Waals surface area (Å²) in [5, 5.41) is 0.774. The van der Waals surface area contributed by atoms with E-state index in [9.17, 15) is 0 Å². The highest BCUT2D eigenvalue weighted by molar-refractivity contribution is 6.32. The smallest absolute Gasteiger partial charge is 0.0509 e. The Morgan fingerprint density at radius 3 is 2.47 bits per heavy atom. The van der Waals surface area contributed by atoms with Gasteiger partial charge < -0.3 is 9.80 Å². The summed E-state index contributed by atoms with van der Waals surface area (Å²) in [6.07, 6.45) is 0. The van der Waals surface area contributed by atoms with Gasteiger partial charge in [-0.25, -0.2) is 0 Å². The SMILES string of the molecule is CCN1CCN(c2cccc(Cl)c2CCl)CC1. The minimum atomic E-state index is 0.475. The molecular weight excluding hydrogens is 255 g/mol. The van der Waals surface area contributed by atoms with Crippen molar-refractivity contribution in [3.8, 4) is 0 Å². The van der Waals surface area contributed by atoms with E-state index in [1.807, 2.05) is 12.1 Å². The first kappa shape index (κ1) is 13.0. The van der Waals surface area contributed by atoms with Gasteiger partial charge in [0, 0.05) is 42.5 Å². The third kappa shape index (κ3) is 2.87. The Morgan fingerprint density at radius 2 is 1.88 bits per heavy atom. The van der Waals surface area contributed by atoms with Crippen LogP contribution in [0, 0.1) is 0 Å². The fourth-order valence-electron chi connectivity index (χ4n) is 2.28. The highest BCUT2D eigenvalue weighted by Crippen LogP contribution is 2.29. The maximum atomic E-state index is 6.18. The maximum absolute atomic E-state index is 6.18. The zero-order valence-electron chi connectivity index (χ0n) is 10.1. The van der Waals surface area contributed by atoms with Crippen LogP contribution in [-0.2, 0) is 5.88 Å². The van der Waals surface area contributed by atoms with E-state index < -0.39 is 0 Å². The molecule has 0 bridgehead atoms. The van der Waals surface area contributed by atoms with Crippen LogP contribution >= 0.6 is 23.2 Å². The van der Waals surface area contributed by atoms with E-state index in [0.29, 0.717) is 5.88 Å². The molecule has 0 radical (unpaired) electrons. The van der Waals surface area contributed by atoms with E-state index >= 15 is 0 Å². The molecule has 94 valence electrons. The van der Waals surface area contributed by atoms with Crippen LogP contribution in [0.5, 0.6) is 0 Å². The van der Waals surface area contributed by atoms with Gasteiger partial charge in [-0.3, -0.25) is 0 Å². The lowest BCUT2D eigenvalue weighted by Gasteiger charge is -2.36. The summed E-state index contributed by atoms with van der Waals surface area (Å²) in [6.45, 7) is 7.68. The highest BCUT2D eigenvalue weighted by atomic mass is 35.5. The number of halogens is 2. The number of rotatable bonds is 3. The molecule has 1 saturated heterocycles. The molecular formula is C13H18Cl2N2. The summed E-state index contributed by atoms with van der Waals surface area (Å²) >= 11 is 12.2. The van der Waals surface area contributed by atoms with E-state index in [-0.39, 0.29) is 0 Å². The van der Waals surface area contributed by atoms with Crippen molar-refractivity contribution < 1.29 is 0 Å². The molecule has 2 nitrogen and oxygen atoms in total. The molecule has 17 heavy (non-hydrogen) atoms. The van der Waals surface area contributed by atoms with Crippen molar-refractivity contribution in [1.29, 1.82) is 0 Å². The zero-order chi connectivity index (χ0) is 12.3. The first-order chi connectivity index (χ1) is 8.26. The molecule has 4 heteroatoms. The van der Waals surface area contributed by atoms with Gasteiger partial charge in [-0.15, -0.1) is 11.6 Å². The molecule has 1 aliphatic heterocycles. The maximum Gasteiger partial charge on any atom is 0.0509 e. The Hall–Kier alpha value is -0.440. The fraction of sp³-hybridized carbons (Fsp3) is 0.538. The van der Waals surface area contributed by atoms with Crippen LogP contribution in [0.3, 0.4) is 0 Å². The predicted octanol–water partition coefficient (Wildman–Crippen LogP) is 3.22. The summed E-state index contributed by atoms with van der Waals surface area (Å²) in [4.78, 5) is 4.84. The Labute approximate surface area is 113 Å². The van der Waals surface area contributed by atoms with Crippen LogP contribution < -0.4 is 4.90 Å².